The van der Waals surface area contributed by atoms with Gasteiger partial charge in [-0.25, -0.2) is 14.5 Å². The quantitative estimate of drug-likeness (QED) is 0.597. The highest BCUT2D eigenvalue weighted by molar-refractivity contribution is 5.88. The molecule has 2 aromatic carbocycles. The zero-order valence-corrected chi connectivity index (χ0v) is 15.0. The Hall–Kier alpha value is -3.67. The highest BCUT2D eigenvalue weighted by Gasteiger charge is 2.14. The number of aromatic carboxylic acids is 1. The van der Waals surface area contributed by atoms with E-state index in [4.69, 9.17) is 0 Å². The van der Waals surface area contributed by atoms with Gasteiger partial charge in [-0.3, -0.25) is 0 Å². The van der Waals surface area contributed by atoms with Crippen molar-refractivity contribution in [1.29, 1.82) is 0 Å². The van der Waals surface area contributed by atoms with Gasteiger partial charge in [0.15, 0.2) is 0 Å². The van der Waals surface area contributed by atoms with E-state index in [1.165, 1.54) is 0 Å². The third kappa shape index (κ3) is 3.01. The molecule has 6 nitrogen and oxygen atoms in total. The third-order valence-electron chi connectivity index (χ3n) is 4.60. The highest BCUT2D eigenvalue weighted by Crippen LogP contribution is 2.25. The summed E-state index contributed by atoms with van der Waals surface area (Å²) >= 11 is 0. The second-order valence-electron chi connectivity index (χ2n) is 6.36. The number of rotatable bonds is 4. The van der Waals surface area contributed by atoms with Crippen LogP contribution >= 0.6 is 0 Å². The number of carboxylic acids is 1. The lowest BCUT2D eigenvalue weighted by atomic mass is 10.1. The lowest BCUT2D eigenvalue weighted by molar-refractivity contribution is 0.0697. The van der Waals surface area contributed by atoms with Gasteiger partial charge < -0.3 is 9.67 Å². The third-order valence-corrected chi connectivity index (χ3v) is 4.60. The van der Waals surface area contributed by atoms with Gasteiger partial charge in [0.2, 0.25) is 0 Å². The Morgan fingerprint density at radius 2 is 1.85 bits per heavy atom. The minimum absolute atomic E-state index is 0.249. The van der Waals surface area contributed by atoms with Gasteiger partial charge in [-0.05, 0) is 43.7 Å². The van der Waals surface area contributed by atoms with Crippen LogP contribution in [0.15, 0.2) is 67.3 Å². The van der Waals surface area contributed by atoms with Crippen LogP contribution in [0.2, 0.25) is 0 Å². The van der Waals surface area contributed by atoms with E-state index in [1.807, 2.05) is 59.6 Å². The molecule has 0 aliphatic rings. The van der Waals surface area contributed by atoms with Crippen molar-refractivity contribution in [1.82, 2.24) is 19.3 Å². The molecule has 1 N–H and O–H groups in total. The van der Waals surface area contributed by atoms with Crippen molar-refractivity contribution in [3.63, 3.8) is 0 Å². The van der Waals surface area contributed by atoms with E-state index in [0.717, 1.165) is 33.9 Å². The van der Waals surface area contributed by atoms with Gasteiger partial charge in [0.1, 0.15) is 0 Å². The number of carbonyl (C=O) groups is 1. The van der Waals surface area contributed by atoms with Crippen LogP contribution in [0.4, 0.5) is 0 Å². The van der Waals surface area contributed by atoms with Gasteiger partial charge in [0.25, 0.3) is 0 Å². The fraction of sp³-hybridized carbons (Fsp3) is 0.0952. The molecule has 27 heavy (non-hydrogen) atoms. The minimum Gasteiger partial charge on any atom is -0.478 e. The van der Waals surface area contributed by atoms with Crippen LogP contribution < -0.4 is 0 Å². The van der Waals surface area contributed by atoms with Crippen LogP contribution in [0.3, 0.4) is 0 Å². The van der Waals surface area contributed by atoms with Gasteiger partial charge in [-0.1, -0.05) is 24.3 Å². The van der Waals surface area contributed by atoms with Crippen molar-refractivity contribution < 1.29 is 9.90 Å². The summed E-state index contributed by atoms with van der Waals surface area (Å²) < 4.78 is 3.72. The Morgan fingerprint density at radius 3 is 2.59 bits per heavy atom. The van der Waals surface area contributed by atoms with Gasteiger partial charge in [0.05, 0.1) is 40.9 Å². The largest absolute Gasteiger partial charge is 0.478 e. The monoisotopic (exact) mass is 358 g/mol. The number of nitrogens with zero attached hydrogens (tertiary/aromatic N) is 4. The number of hydrogen-bond acceptors (Lipinski definition) is 3. The maximum Gasteiger partial charge on any atom is 0.335 e. The number of imidazole rings is 1. The van der Waals surface area contributed by atoms with Crippen molar-refractivity contribution in [3.8, 4) is 22.6 Å². The van der Waals surface area contributed by atoms with E-state index in [2.05, 4.69) is 10.1 Å². The lowest BCUT2D eigenvalue weighted by Crippen LogP contribution is -2.00. The predicted octanol–water partition coefficient (Wildman–Crippen LogP) is 4.04. The minimum atomic E-state index is -0.948. The molecule has 0 bridgehead atoms. The average molecular weight is 358 g/mol. The summed E-state index contributed by atoms with van der Waals surface area (Å²) in [4.78, 5) is 15.8. The first-order valence-electron chi connectivity index (χ1n) is 8.53. The molecule has 0 aliphatic heterocycles. The van der Waals surface area contributed by atoms with E-state index < -0.39 is 5.97 Å². The standard InChI is InChI=1S/C21H18N4O2/c1-14-8-9-16(21(26)27)10-20(14)24-12-19(22-13-24)18-11-23-25(15(18)2)17-6-4-3-5-7-17/h3-13H,1-2H3,(H,26,27). The summed E-state index contributed by atoms with van der Waals surface area (Å²) in [6.45, 7) is 3.95. The van der Waals surface area contributed by atoms with Gasteiger partial charge in [0, 0.05) is 11.8 Å². The summed E-state index contributed by atoms with van der Waals surface area (Å²) in [5, 5.41) is 13.7. The van der Waals surface area contributed by atoms with Crippen molar-refractivity contribution in [3.05, 3.63) is 84.1 Å². The van der Waals surface area contributed by atoms with Crippen molar-refractivity contribution in [2.75, 3.05) is 0 Å². The van der Waals surface area contributed by atoms with Crippen LogP contribution in [0, 0.1) is 13.8 Å². The lowest BCUT2D eigenvalue weighted by Gasteiger charge is -2.07. The molecule has 0 radical (unpaired) electrons. The molecule has 2 aromatic heterocycles. The number of aromatic nitrogens is 4. The van der Waals surface area contributed by atoms with Crippen LogP contribution in [0.1, 0.15) is 21.6 Å². The van der Waals surface area contributed by atoms with E-state index in [1.54, 1.807) is 30.7 Å². The van der Waals surface area contributed by atoms with Gasteiger partial charge >= 0.3 is 5.97 Å². The average Bonchev–Trinajstić information content (AvgIpc) is 3.29. The molecule has 0 spiro atoms. The first-order chi connectivity index (χ1) is 13.0. The Kier molecular flexibility index (Phi) is 4.08. The normalized spacial score (nSPS) is 10.9. The summed E-state index contributed by atoms with van der Waals surface area (Å²) in [6, 6.07) is 15.0. The summed E-state index contributed by atoms with van der Waals surface area (Å²) in [7, 11) is 0. The van der Waals surface area contributed by atoms with E-state index in [0.29, 0.717) is 0 Å². The smallest absolute Gasteiger partial charge is 0.335 e. The molecule has 0 fully saturated rings. The number of carboxylic acid groups (broad SMARTS) is 1. The van der Waals surface area contributed by atoms with E-state index in [-0.39, 0.29) is 5.56 Å². The van der Waals surface area contributed by atoms with Gasteiger partial charge in [-0.2, -0.15) is 5.10 Å². The maximum atomic E-state index is 11.3. The second kappa shape index (κ2) is 6.57. The molecular weight excluding hydrogens is 340 g/mol. The molecular formula is C21H18N4O2. The number of aryl methyl sites for hydroxylation is 1. The molecule has 0 saturated heterocycles. The van der Waals surface area contributed by atoms with Crippen molar-refractivity contribution >= 4 is 5.97 Å². The van der Waals surface area contributed by atoms with Crippen LogP contribution in [0.25, 0.3) is 22.6 Å². The Morgan fingerprint density at radius 1 is 1.07 bits per heavy atom. The molecule has 134 valence electrons. The molecule has 0 aliphatic carbocycles. The summed E-state index contributed by atoms with van der Waals surface area (Å²) in [5.74, 6) is -0.948. The summed E-state index contributed by atoms with van der Waals surface area (Å²) in [5.41, 5.74) is 5.72. The zero-order valence-electron chi connectivity index (χ0n) is 15.0. The molecule has 6 heteroatoms. The Bertz CT molecular complexity index is 1130. The molecule has 4 rings (SSSR count). The number of hydrogen-bond donors (Lipinski definition) is 1. The fourth-order valence-corrected chi connectivity index (χ4v) is 3.10. The molecule has 0 saturated carbocycles. The SMILES string of the molecule is Cc1ccc(C(=O)O)cc1-n1cnc(-c2cnn(-c3ccccc3)c2C)c1. The van der Waals surface area contributed by atoms with Crippen LogP contribution in [0.5, 0.6) is 0 Å². The summed E-state index contributed by atoms with van der Waals surface area (Å²) in [6.07, 6.45) is 5.39. The van der Waals surface area contributed by atoms with Crippen molar-refractivity contribution in [2.45, 2.75) is 13.8 Å². The maximum absolute atomic E-state index is 11.3. The predicted molar refractivity (Wildman–Crippen MR) is 103 cm³/mol. The number of para-hydroxylation sites is 1. The Balaban J connectivity index is 1.73. The fourth-order valence-electron chi connectivity index (χ4n) is 3.10. The van der Waals surface area contributed by atoms with E-state index >= 15 is 0 Å². The van der Waals surface area contributed by atoms with Gasteiger partial charge in [-0.15, -0.1) is 0 Å². The van der Waals surface area contributed by atoms with E-state index in [9.17, 15) is 9.90 Å². The number of benzene rings is 2. The second-order valence-corrected chi connectivity index (χ2v) is 6.36. The molecule has 0 unspecified atom stereocenters. The first-order valence-corrected chi connectivity index (χ1v) is 8.53. The molecule has 2 heterocycles. The van der Waals surface area contributed by atoms with Crippen LogP contribution in [-0.2, 0) is 0 Å². The topological polar surface area (TPSA) is 72.9 Å². The van der Waals surface area contributed by atoms with Crippen molar-refractivity contribution in [2.24, 2.45) is 0 Å². The first kappa shape index (κ1) is 16.8. The highest BCUT2D eigenvalue weighted by atomic mass is 16.4. The van der Waals surface area contributed by atoms with Crippen LogP contribution in [-0.4, -0.2) is 30.4 Å². The Labute approximate surface area is 156 Å². The zero-order chi connectivity index (χ0) is 19.0. The molecule has 0 atom stereocenters. The molecule has 4 aromatic rings. The molecule has 0 amide bonds.